The van der Waals surface area contributed by atoms with Gasteiger partial charge < -0.3 is 0 Å². The van der Waals surface area contributed by atoms with Crippen molar-refractivity contribution in [1.82, 2.24) is 0 Å². The fraction of sp³-hybridized carbons (Fsp3) is 0.150. The van der Waals surface area contributed by atoms with Crippen LogP contribution in [0.25, 0.3) is 55.8 Å². The predicted octanol–water partition coefficient (Wildman–Crippen LogP) is 8.86. The van der Waals surface area contributed by atoms with Gasteiger partial charge in [-0.3, -0.25) is 0 Å². The topological polar surface area (TPSA) is 7.76 Å². The van der Waals surface area contributed by atoms with E-state index in [0.29, 0.717) is 12.1 Å². The van der Waals surface area contributed by atoms with Crippen LogP contribution in [0, 0.1) is 11.6 Å². The first-order chi connectivity index (χ1) is 21.5. The molecular formula is C40H30F2N2+2. The minimum absolute atomic E-state index is 0.0806. The maximum Gasteiger partial charge on any atom is 0.287 e. The molecule has 4 aromatic carbocycles. The Morgan fingerprint density at radius 3 is 2.32 bits per heavy atom. The van der Waals surface area contributed by atoms with Gasteiger partial charge in [-0.2, -0.15) is 9.13 Å². The summed E-state index contributed by atoms with van der Waals surface area (Å²) in [6.45, 7) is 4.64. The highest BCUT2D eigenvalue weighted by Gasteiger charge is 2.47. The lowest BCUT2D eigenvalue weighted by Crippen LogP contribution is -2.44. The summed E-state index contributed by atoms with van der Waals surface area (Å²) in [5, 5.41) is 2.61. The van der Waals surface area contributed by atoms with E-state index in [0.717, 1.165) is 41.1 Å². The molecule has 0 bridgehead atoms. The standard InChI is InChI=1S/C40H30F2N2/c1-3-40(4-2)34-23-32-33(22-31(34)29-15-13-24-9-5-6-10-28(24)38(29)40)39(44-17-8-7-11-35(32)44)37-19-25-12-14-26(41)20-30(25)36-21-27(42)16-18-43(36)37/h5-18,20-23H,3-4,19H2,1-2H3/q+2/b39-37+. The molecule has 0 radical (unpaired) electrons. The minimum atomic E-state index is -0.338. The van der Waals surface area contributed by atoms with E-state index in [9.17, 15) is 8.78 Å². The molecule has 212 valence electrons. The van der Waals surface area contributed by atoms with Crippen molar-refractivity contribution in [3.05, 3.63) is 143 Å². The Balaban J connectivity index is 1.38. The Hall–Kier alpha value is -4.96. The van der Waals surface area contributed by atoms with Gasteiger partial charge in [0.15, 0.2) is 12.4 Å². The highest BCUT2D eigenvalue weighted by atomic mass is 19.1. The first-order valence-electron chi connectivity index (χ1n) is 15.5. The van der Waals surface area contributed by atoms with Crippen molar-refractivity contribution < 1.29 is 17.9 Å². The van der Waals surface area contributed by atoms with Crippen LogP contribution in [0.15, 0.2) is 109 Å². The van der Waals surface area contributed by atoms with Crippen LogP contribution in [-0.4, -0.2) is 0 Å². The third kappa shape index (κ3) is 3.23. The summed E-state index contributed by atoms with van der Waals surface area (Å²) >= 11 is 0. The normalized spacial score (nSPS) is 16.6. The van der Waals surface area contributed by atoms with Crippen LogP contribution < -0.4 is 9.13 Å². The van der Waals surface area contributed by atoms with E-state index in [1.54, 1.807) is 6.20 Å². The molecule has 0 atom stereocenters. The van der Waals surface area contributed by atoms with Crippen LogP contribution in [0.2, 0.25) is 0 Å². The van der Waals surface area contributed by atoms with E-state index in [-0.39, 0.29) is 17.0 Å². The van der Waals surface area contributed by atoms with Gasteiger partial charge in [-0.15, -0.1) is 0 Å². The molecule has 4 heteroatoms. The zero-order valence-electron chi connectivity index (χ0n) is 24.7. The number of fused-ring (bicyclic) bond motifs is 11. The predicted molar refractivity (Wildman–Crippen MR) is 171 cm³/mol. The third-order valence-corrected chi connectivity index (χ3v) is 10.4. The number of aromatic nitrogens is 2. The molecule has 2 aromatic heterocycles. The Labute approximate surface area is 255 Å². The third-order valence-electron chi connectivity index (χ3n) is 10.4. The van der Waals surface area contributed by atoms with E-state index in [1.807, 2.05) is 6.07 Å². The molecule has 6 aromatic rings. The average Bonchev–Trinajstić information content (AvgIpc) is 3.53. The number of nitrogens with zero attached hydrogens (tertiary/aromatic N) is 2. The summed E-state index contributed by atoms with van der Waals surface area (Å²) in [6, 6.07) is 32.4. The molecule has 0 amide bonds. The van der Waals surface area contributed by atoms with Crippen LogP contribution in [0.1, 0.15) is 48.9 Å². The van der Waals surface area contributed by atoms with Gasteiger partial charge in [0.2, 0.25) is 11.4 Å². The van der Waals surface area contributed by atoms with Crippen molar-refractivity contribution in [3.8, 4) is 33.6 Å². The van der Waals surface area contributed by atoms with Gasteiger partial charge >= 0.3 is 0 Å². The van der Waals surface area contributed by atoms with Gasteiger partial charge in [-0.05, 0) is 81.8 Å². The van der Waals surface area contributed by atoms with Crippen molar-refractivity contribution in [2.24, 2.45) is 0 Å². The molecule has 0 saturated carbocycles. The molecule has 0 saturated heterocycles. The van der Waals surface area contributed by atoms with Crippen LogP contribution in [0.4, 0.5) is 8.78 Å². The summed E-state index contributed by atoms with van der Waals surface area (Å²) < 4.78 is 33.4. The monoisotopic (exact) mass is 576 g/mol. The summed E-state index contributed by atoms with van der Waals surface area (Å²) in [4.78, 5) is 0. The van der Waals surface area contributed by atoms with E-state index in [1.165, 1.54) is 68.4 Å². The number of allylic oxidation sites excluding steroid dienone is 1. The zero-order valence-corrected chi connectivity index (χ0v) is 24.7. The van der Waals surface area contributed by atoms with Gasteiger partial charge in [0, 0.05) is 29.7 Å². The van der Waals surface area contributed by atoms with Crippen molar-refractivity contribution in [1.29, 1.82) is 0 Å². The quantitative estimate of drug-likeness (QED) is 0.182. The molecule has 0 unspecified atom stereocenters. The summed E-state index contributed by atoms with van der Waals surface area (Å²) in [6.07, 6.45) is 6.54. The Bertz CT molecular complexity index is 2260. The van der Waals surface area contributed by atoms with Gasteiger partial charge in [-0.25, -0.2) is 8.78 Å². The molecule has 2 aliphatic heterocycles. The average molecular weight is 577 g/mol. The number of hydrogen-bond donors (Lipinski definition) is 0. The first kappa shape index (κ1) is 25.5. The maximum absolute atomic E-state index is 14.7. The van der Waals surface area contributed by atoms with E-state index >= 15 is 0 Å². The molecule has 2 nitrogen and oxygen atoms in total. The molecule has 0 fully saturated rings. The summed E-state index contributed by atoms with van der Waals surface area (Å²) in [5.74, 6) is -0.659. The van der Waals surface area contributed by atoms with E-state index in [4.69, 9.17) is 0 Å². The van der Waals surface area contributed by atoms with Crippen LogP contribution in [0.3, 0.4) is 0 Å². The number of pyridine rings is 2. The van der Waals surface area contributed by atoms with Gasteiger partial charge in [-0.1, -0.05) is 56.3 Å². The Kier molecular flexibility index (Phi) is 5.24. The number of rotatable bonds is 2. The largest absolute Gasteiger partial charge is 0.287 e. The number of halogens is 2. The molecule has 4 heterocycles. The summed E-state index contributed by atoms with van der Waals surface area (Å²) in [7, 11) is 0. The molecule has 44 heavy (non-hydrogen) atoms. The molecule has 1 aliphatic carbocycles. The lowest BCUT2D eigenvalue weighted by molar-refractivity contribution is -0.597. The lowest BCUT2D eigenvalue weighted by Gasteiger charge is -2.31. The second kappa shape index (κ2) is 9.03. The van der Waals surface area contributed by atoms with Crippen LogP contribution in [-0.2, 0) is 11.8 Å². The van der Waals surface area contributed by atoms with Crippen molar-refractivity contribution in [3.63, 3.8) is 0 Å². The number of hydrogen-bond acceptors (Lipinski definition) is 0. The highest BCUT2D eigenvalue weighted by molar-refractivity contribution is 6.00. The molecular weight excluding hydrogens is 546 g/mol. The van der Waals surface area contributed by atoms with Crippen molar-refractivity contribution >= 4 is 22.2 Å². The molecule has 0 N–H and O–H groups in total. The molecule has 0 spiro atoms. The molecule has 3 aliphatic rings. The first-order valence-corrected chi connectivity index (χ1v) is 15.5. The van der Waals surface area contributed by atoms with Gasteiger partial charge in [0.05, 0.1) is 23.1 Å². The lowest BCUT2D eigenvalue weighted by atomic mass is 9.72. The molecule has 9 rings (SSSR count). The second-order valence-electron chi connectivity index (χ2n) is 12.3. The zero-order chi connectivity index (χ0) is 29.7. The van der Waals surface area contributed by atoms with Crippen LogP contribution >= 0.6 is 0 Å². The smallest absolute Gasteiger partial charge is 0.207 e. The second-order valence-corrected chi connectivity index (χ2v) is 12.3. The summed E-state index contributed by atoms with van der Waals surface area (Å²) in [5.41, 5.74) is 13.4. The fourth-order valence-corrected chi connectivity index (χ4v) is 8.36. The highest BCUT2D eigenvalue weighted by Crippen LogP contribution is 2.57. The Morgan fingerprint density at radius 2 is 1.45 bits per heavy atom. The van der Waals surface area contributed by atoms with Crippen LogP contribution in [0.5, 0.6) is 0 Å². The minimum Gasteiger partial charge on any atom is -0.207 e. The van der Waals surface area contributed by atoms with Crippen molar-refractivity contribution in [2.45, 2.75) is 38.5 Å². The van der Waals surface area contributed by atoms with E-state index in [2.05, 4.69) is 95.9 Å². The van der Waals surface area contributed by atoms with Crippen molar-refractivity contribution in [2.75, 3.05) is 0 Å². The Morgan fingerprint density at radius 1 is 0.636 bits per heavy atom. The number of benzene rings is 4. The SMILES string of the molecule is CCC1(CC)c2cc3c(cc2-c2ccc4ccccc4c21)/C(=C1/Cc2ccc(F)cc2-c2cc(F)cc[n+]21)[n+]1ccccc1-3. The fourth-order valence-electron chi connectivity index (χ4n) is 8.36. The van der Waals surface area contributed by atoms with Gasteiger partial charge in [0.25, 0.3) is 11.4 Å². The van der Waals surface area contributed by atoms with Gasteiger partial charge in [0.1, 0.15) is 11.6 Å². The maximum atomic E-state index is 14.7. The van der Waals surface area contributed by atoms with E-state index < -0.39 is 0 Å².